The molecule has 0 spiro atoms. The van der Waals surface area contributed by atoms with E-state index in [1.807, 2.05) is 41.7 Å². The van der Waals surface area contributed by atoms with Crippen molar-refractivity contribution < 1.29 is 4.79 Å². The molecule has 20 heavy (non-hydrogen) atoms. The molecule has 1 N–H and O–H groups in total. The highest BCUT2D eigenvalue weighted by atomic mass is 35.5. The Hall–Kier alpha value is -1.36. The normalized spacial score (nSPS) is 11.3. The van der Waals surface area contributed by atoms with E-state index in [1.54, 1.807) is 4.90 Å². The molecule has 0 aliphatic heterocycles. The number of nitrogens with zero attached hydrogens (tertiary/aromatic N) is 3. The van der Waals surface area contributed by atoms with Crippen molar-refractivity contribution >= 4 is 23.3 Å². The summed E-state index contributed by atoms with van der Waals surface area (Å²) in [6.45, 7) is 10.7. The molecule has 6 heteroatoms. The number of hydrogen-bond acceptors (Lipinski definition) is 4. The van der Waals surface area contributed by atoms with E-state index in [4.69, 9.17) is 11.6 Å². The van der Waals surface area contributed by atoms with Crippen LogP contribution in [0.4, 0.5) is 5.82 Å². The molecule has 1 aromatic rings. The van der Waals surface area contributed by atoms with E-state index in [0.717, 1.165) is 5.56 Å². The van der Waals surface area contributed by atoms with Crippen LogP contribution in [-0.4, -0.2) is 36.0 Å². The second-order valence-electron chi connectivity index (χ2n) is 5.85. The third-order valence-electron chi connectivity index (χ3n) is 2.85. The highest BCUT2D eigenvalue weighted by Gasteiger charge is 2.22. The minimum Gasteiger partial charge on any atom is -0.355 e. The quantitative estimate of drug-likeness (QED) is 0.867. The Morgan fingerprint density at radius 2 is 1.95 bits per heavy atom. The van der Waals surface area contributed by atoms with E-state index in [1.165, 1.54) is 0 Å². The van der Waals surface area contributed by atoms with Crippen molar-refractivity contribution in [1.29, 1.82) is 0 Å². The van der Waals surface area contributed by atoms with Gasteiger partial charge in [0, 0.05) is 24.6 Å². The summed E-state index contributed by atoms with van der Waals surface area (Å²) in [7, 11) is 1.83. The SMILES string of the molecule is CCNC(=O)CN(C)c1nc(C(C)(C)C)nc(Cl)c1C. The van der Waals surface area contributed by atoms with Crippen molar-refractivity contribution in [1.82, 2.24) is 15.3 Å². The van der Waals surface area contributed by atoms with Crippen molar-refractivity contribution in [3.63, 3.8) is 0 Å². The first-order valence-electron chi connectivity index (χ1n) is 6.69. The Morgan fingerprint density at radius 3 is 2.45 bits per heavy atom. The minimum atomic E-state index is -0.196. The van der Waals surface area contributed by atoms with Crippen molar-refractivity contribution in [2.24, 2.45) is 0 Å². The fourth-order valence-corrected chi connectivity index (χ4v) is 1.89. The van der Waals surface area contributed by atoms with E-state index in [9.17, 15) is 4.79 Å². The molecule has 1 heterocycles. The van der Waals surface area contributed by atoms with E-state index in [0.29, 0.717) is 23.3 Å². The summed E-state index contributed by atoms with van der Waals surface area (Å²) in [6.07, 6.45) is 0. The van der Waals surface area contributed by atoms with Gasteiger partial charge >= 0.3 is 0 Å². The maximum absolute atomic E-state index is 11.7. The van der Waals surface area contributed by atoms with Crippen molar-refractivity contribution in [3.05, 3.63) is 16.5 Å². The summed E-state index contributed by atoms with van der Waals surface area (Å²) in [6, 6.07) is 0. The maximum atomic E-state index is 11.7. The van der Waals surface area contributed by atoms with Crippen molar-refractivity contribution in [2.75, 3.05) is 25.0 Å². The van der Waals surface area contributed by atoms with E-state index in [2.05, 4.69) is 15.3 Å². The Labute approximate surface area is 125 Å². The van der Waals surface area contributed by atoms with E-state index >= 15 is 0 Å². The van der Waals surface area contributed by atoms with Gasteiger partial charge in [-0.15, -0.1) is 0 Å². The molecule has 0 aliphatic carbocycles. The predicted octanol–water partition coefficient (Wildman–Crippen LogP) is 2.31. The third kappa shape index (κ3) is 4.07. The molecule has 0 radical (unpaired) electrons. The lowest BCUT2D eigenvalue weighted by molar-refractivity contribution is -0.119. The van der Waals surface area contributed by atoms with Crippen LogP contribution < -0.4 is 10.2 Å². The molecule has 1 aromatic heterocycles. The molecule has 0 aliphatic rings. The number of nitrogens with one attached hydrogen (secondary N) is 1. The number of rotatable bonds is 4. The van der Waals surface area contributed by atoms with Crippen molar-refractivity contribution in [3.8, 4) is 0 Å². The van der Waals surface area contributed by atoms with Gasteiger partial charge in [0.15, 0.2) is 0 Å². The zero-order chi connectivity index (χ0) is 15.5. The fraction of sp³-hybridized carbons (Fsp3) is 0.643. The number of amides is 1. The average Bonchev–Trinajstić information content (AvgIpc) is 2.31. The van der Waals surface area contributed by atoms with Gasteiger partial charge in [-0.05, 0) is 13.8 Å². The van der Waals surface area contributed by atoms with Gasteiger partial charge in [-0.3, -0.25) is 4.79 Å². The van der Waals surface area contributed by atoms with Crippen LogP contribution in [-0.2, 0) is 10.2 Å². The molecule has 5 nitrogen and oxygen atoms in total. The second-order valence-corrected chi connectivity index (χ2v) is 6.20. The number of carbonyl (C=O) groups is 1. The van der Waals surface area contributed by atoms with Crippen LogP contribution in [0.1, 0.15) is 39.1 Å². The number of likely N-dealkylation sites (N-methyl/N-ethyl adjacent to an activating group) is 2. The molecule has 0 aromatic carbocycles. The van der Waals surface area contributed by atoms with Gasteiger partial charge in [0.05, 0.1) is 6.54 Å². The molecule has 0 bridgehead atoms. The lowest BCUT2D eigenvalue weighted by Crippen LogP contribution is -2.36. The molecule has 112 valence electrons. The fourth-order valence-electron chi connectivity index (χ4n) is 1.73. The first-order chi connectivity index (χ1) is 9.16. The second kappa shape index (κ2) is 6.39. The smallest absolute Gasteiger partial charge is 0.239 e. The Bertz CT molecular complexity index is 497. The zero-order valence-electron chi connectivity index (χ0n) is 13.0. The summed E-state index contributed by atoms with van der Waals surface area (Å²) in [4.78, 5) is 22.4. The van der Waals surface area contributed by atoms with Gasteiger partial charge in [-0.25, -0.2) is 9.97 Å². The highest BCUT2D eigenvalue weighted by molar-refractivity contribution is 6.30. The van der Waals surface area contributed by atoms with Crippen LogP contribution in [0, 0.1) is 6.92 Å². The first-order valence-corrected chi connectivity index (χ1v) is 7.07. The summed E-state index contributed by atoms with van der Waals surface area (Å²) < 4.78 is 0. The molecule has 0 atom stereocenters. The number of halogens is 1. The van der Waals surface area contributed by atoms with Crippen LogP contribution in [0.2, 0.25) is 5.15 Å². The topological polar surface area (TPSA) is 58.1 Å². The van der Waals surface area contributed by atoms with Gasteiger partial charge in [-0.1, -0.05) is 32.4 Å². The predicted molar refractivity (Wildman–Crippen MR) is 82.4 cm³/mol. The highest BCUT2D eigenvalue weighted by Crippen LogP contribution is 2.27. The summed E-state index contributed by atoms with van der Waals surface area (Å²) in [5, 5.41) is 3.20. The summed E-state index contributed by atoms with van der Waals surface area (Å²) in [5.41, 5.74) is 0.588. The standard InChI is InChI=1S/C14H23ClN4O/c1-7-16-10(20)8-19(6)12-9(2)11(15)17-13(18-12)14(3,4)5/h7-8H2,1-6H3,(H,16,20). The molecule has 0 saturated heterocycles. The van der Waals surface area contributed by atoms with E-state index in [-0.39, 0.29) is 17.9 Å². The van der Waals surface area contributed by atoms with Gasteiger partial charge in [0.2, 0.25) is 5.91 Å². The van der Waals surface area contributed by atoms with Gasteiger partial charge in [-0.2, -0.15) is 0 Å². The molecular formula is C14H23ClN4O. The zero-order valence-corrected chi connectivity index (χ0v) is 13.8. The Kier molecular flexibility index (Phi) is 5.34. The molecule has 1 rings (SSSR count). The average molecular weight is 299 g/mol. The van der Waals surface area contributed by atoms with Crippen LogP contribution in [0.5, 0.6) is 0 Å². The third-order valence-corrected chi connectivity index (χ3v) is 3.22. The maximum Gasteiger partial charge on any atom is 0.239 e. The molecule has 0 unspecified atom stereocenters. The monoisotopic (exact) mass is 298 g/mol. The number of anilines is 1. The number of carbonyl (C=O) groups excluding carboxylic acids is 1. The summed E-state index contributed by atoms with van der Waals surface area (Å²) >= 11 is 6.19. The van der Waals surface area contributed by atoms with Crippen LogP contribution >= 0.6 is 11.6 Å². The van der Waals surface area contributed by atoms with Gasteiger partial charge in [0.25, 0.3) is 0 Å². The minimum absolute atomic E-state index is 0.0403. The Balaban J connectivity index is 3.10. The van der Waals surface area contributed by atoms with Gasteiger partial charge < -0.3 is 10.2 Å². The molecule has 0 saturated carbocycles. The van der Waals surface area contributed by atoms with Crippen molar-refractivity contribution in [2.45, 2.75) is 40.0 Å². The van der Waals surface area contributed by atoms with E-state index < -0.39 is 0 Å². The van der Waals surface area contributed by atoms with Gasteiger partial charge in [0.1, 0.15) is 16.8 Å². The lowest BCUT2D eigenvalue weighted by atomic mass is 9.95. The first kappa shape index (κ1) is 16.7. The molecule has 1 amide bonds. The van der Waals surface area contributed by atoms with Crippen LogP contribution in [0.15, 0.2) is 0 Å². The largest absolute Gasteiger partial charge is 0.355 e. The number of aromatic nitrogens is 2. The molecular weight excluding hydrogens is 276 g/mol. The van der Waals surface area contributed by atoms with Crippen LogP contribution in [0.3, 0.4) is 0 Å². The summed E-state index contributed by atoms with van der Waals surface area (Å²) in [5.74, 6) is 1.33. The number of hydrogen-bond donors (Lipinski definition) is 1. The Morgan fingerprint density at radius 1 is 1.35 bits per heavy atom. The lowest BCUT2D eigenvalue weighted by Gasteiger charge is -2.24. The molecule has 0 fully saturated rings. The van der Waals surface area contributed by atoms with Crippen LogP contribution in [0.25, 0.3) is 0 Å².